The Balaban J connectivity index is 1.71. The SMILES string of the molecule is O=C(NC1CCCSC1)N(CCO)C1CCc2ccccc21. The van der Waals surface area contributed by atoms with E-state index in [0.29, 0.717) is 6.54 Å². The Kier molecular flexibility index (Phi) is 5.26. The fourth-order valence-corrected chi connectivity index (χ4v) is 4.55. The minimum Gasteiger partial charge on any atom is -0.395 e. The highest BCUT2D eigenvalue weighted by Gasteiger charge is 2.31. The molecule has 1 aromatic carbocycles. The van der Waals surface area contributed by atoms with Gasteiger partial charge in [-0.3, -0.25) is 0 Å². The van der Waals surface area contributed by atoms with Crippen molar-refractivity contribution in [2.75, 3.05) is 24.7 Å². The first-order chi connectivity index (χ1) is 10.8. The highest BCUT2D eigenvalue weighted by atomic mass is 32.2. The molecular formula is C17H24N2O2S. The Labute approximate surface area is 136 Å². The van der Waals surface area contributed by atoms with Crippen molar-refractivity contribution in [2.24, 2.45) is 0 Å². The number of nitrogens with zero attached hydrogens (tertiary/aromatic N) is 1. The molecule has 1 aromatic rings. The number of nitrogens with one attached hydrogen (secondary N) is 1. The number of benzene rings is 1. The van der Waals surface area contributed by atoms with Crippen LogP contribution in [0.5, 0.6) is 0 Å². The minimum atomic E-state index is -0.0248. The lowest BCUT2D eigenvalue weighted by atomic mass is 10.1. The van der Waals surface area contributed by atoms with Gasteiger partial charge in [0.2, 0.25) is 0 Å². The molecule has 1 saturated heterocycles. The van der Waals surface area contributed by atoms with Gasteiger partial charge in [0.15, 0.2) is 0 Å². The molecule has 120 valence electrons. The molecule has 1 aliphatic carbocycles. The van der Waals surface area contributed by atoms with Crippen LogP contribution in [-0.2, 0) is 6.42 Å². The number of aliphatic hydroxyl groups is 1. The average Bonchev–Trinajstić information content (AvgIpc) is 2.97. The van der Waals surface area contributed by atoms with Crippen LogP contribution in [0.1, 0.15) is 36.4 Å². The van der Waals surface area contributed by atoms with E-state index in [1.165, 1.54) is 23.3 Å². The largest absolute Gasteiger partial charge is 0.395 e. The van der Waals surface area contributed by atoms with Crippen molar-refractivity contribution in [3.63, 3.8) is 0 Å². The number of hydrogen-bond donors (Lipinski definition) is 2. The first-order valence-electron chi connectivity index (χ1n) is 8.13. The molecule has 22 heavy (non-hydrogen) atoms. The number of aryl methyl sites for hydroxylation is 1. The molecule has 1 aliphatic heterocycles. The van der Waals surface area contributed by atoms with Crippen molar-refractivity contribution in [3.05, 3.63) is 35.4 Å². The number of hydrogen-bond acceptors (Lipinski definition) is 3. The molecule has 0 bridgehead atoms. The number of aliphatic hydroxyl groups excluding tert-OH is 1. The fraction of sp³-hybridized carbons (Fsp3) is 0.588. The summed E-state index contributed by atoms with van der Waals surface area (Å²) in [5.41, 5.74) is 2.57. The molecule has 1 heterocycles. The van der Waals surface area contributed by atoms with Crippen molar-refractivity contribution in [2.45, 2.75) is 37.8 Å². The summed E-state index contributed by atoms with van der Waals surface area (Å²) in [5, 5.41) is 12.5. The zero-order valence-corrected chi connectivity index (χ0v) is 13.6. The zero-order chi connectivity index (χ0) is 15.4. The summed E-state index contributed by atoms with van der Waals surface area (Å²) in [6.45, 7) is 0.399. The summed E-state index contributed by atoms with van der Waals surface area (Å²) in [5.74, 6) is 2.20. The normalized spacial score (nSPS) is 23.9. The highest BCUT2D eigenvalue weighted by Crippen LogP contribution is 2.35. The van der Waals surface area contributed by atoms with E-state index >= 15 is 0 Å². The third-order valence-electron chi connectivity index (χ3n) is 4.57. The molecule has 5 heteroatoms. The van der Waals surface area contributed by atoms with Gasteiger partial charge in [-0.25, -0.2) is 4.79 Å². The van der Waals surface area contributed by atoms with Crippen LogP contribution in [0.4, 0.5) is 4.79 Å². The van der Waals surface area contributed by atoms with Crippen LogP contribution in [0.25, 0.3) is 0 Å². The summed E-state index contributed by atoms with van der Waals surface area (Å²) in [6.07, 6.45) is 4.19. The molecule has 3 rings (SSSR count). The van der Waals surface area contributed by atoms with E-state index in [9.17, 15) is 9.90 Å². The number of carbonyl (C=O) groups excluding carboxylic acids is 1. The molecular weight excluding hydrogens is 296 g/mol. The van der Waals surface area contributed by atoms with Gasteiger partial charge in [-0.1, -0.05) is 24.3 Å². The third-order valence-corrected chi connectivity index (χ3v) is 5.78. The Morgan fingerprint density at radius 1 is 1.36 bits per heavy atom. The van der Waals surface area contributed by atoms with E-state index in [2.05, 4.69) is 23.5 Å². The lowest BCUT2D eigenvalue weighted by Gasteiger charge is -2.32. The topological polar surface area (TPSA) is 52.6 Å². The molecule has 0 spiro atoms. The van der Waals surface area contributed by atoms with E-state index < -0.39 is 0 Å². The molecule has 4 nitrogen and oxygen atoms in total. The van der Waals surface area contributed by atoms with E-state index in [1.807, 2.05) is 22.7 Å². The van der Waals surface area contributed by atoms with Gasteiger partial charge in [-0.2, -0.15) is 11.8 Å². The smallest absolute Gasteiger partial charge is 0.318 e. The first kappa shape index (κ1) is 15.7. The summed E-state index contributed by atoms with van der Waals surface area (Å²) < 4.78 is 0. The van der Waals surface area contributed by atoms with Gasteiger partial charge in [-0.05, 0) is 42.6 Å². The number of amides is 2. The van der Waals surface area contributed by atoms with E-state index in [0.717, 1.165) is 25.0 Å². The monoisotopic (exact) mass is 320 g/mol. The predicted molar refractivity (Wildman–Crippen MR) is 90.2 cm³/mol. The van der Waals surface area contributed by atoms with Gasteiger partial charge >= 0.3 is 6.03 Å². The van der Waals surface area contributed by atoms with Gasteiger partial charge < -0.3 is 15.3 Å². The van der Waals surface area contributed by atoms with Crippen molar-refractivity contribution >= 4 is 17.8 Å². The second-order valence-corrected chi connectivity index (χ2v) is 7.18. The van der Waals surface area contributed by atoms with Crippen LogP contribution in [0.3, 0.4) is 0 Å². The summed E-state index contributed by atoms with van der Waals surface area (Å²) in [4.78, 5) is 14.5. The van der Waals surface area contributed by atoms with E-state index in [1.54, 1.807) is 0 Å². The average molecular weight is 320 g/mol. The van der Waals surface area contributed by atoms with Crippen molar-refractivity contribution in [1.82, 2.24) is 10.2 Å². The minimum absolute atomic E-state index is 0.00546. The number of thioether (sulfide) groups is 1. The quantitative estimate of drug-likeness (QED) is 0.896. The predicted octanol–water partition coefficient (Wildman–Crippen LogP) is 2.57. The van der Waals surface area contributed by atoms with Crippen molar-refractivity contribution in [1.29, 1.82) is 0 Å². The van der Waals surface area contributed by atoms with Gasteiger partial charge in [0.1, 0.15) is 0 Å². The Hall–Kier alpha value is -1.20. The molecule has 1 fully saturated rings. The summed E-state index contributed by atoms with van der Waals surface area (Å²) >= 11 is 1.91. The maximum atomic E-state index is 12.7. The van der Waals surface area contributed by atoms with Gasteiger partial charge in [-0.15, -0.1) is 0 Å². The standard InChI is InChI=1S/C17H24N2O2S/c20-10-9-19(17(21)18-14-5-3-11-22-12-14)16-8-7-13-4-1-2-6-15(13)16/h1-2,4,6,14,16,20H,3,5,7-12H2,(H,18,21). The van der Waals surface area contributed by atoms with E-state index in [4.69, 9.17) is 0 Å². The lowest BCUT2D eigenvalue weighted by Crippen LogP contribution is -2.48. The number of rotatable bonds is 4. The van der Waals surface area contributed by atoms with Crippen LogP contribution in [0, 0.1) is 0 Å². The molecule has 2 N–H and O–H groups in total. The van der Waals surface area contributed by atoms with Crippen LogP contribution in [-0.4, -0.2) is 46.7 Å². The van der Waals surface area contributed by atoms with Gasteiger partial charge in [0.05, 0.1) is 12.6 Å². The fourth-order valence-electron chi connectivity index (χ4n) is 3.48. The maximum Gasteiger partial charge on any atom is 0.318 e. The van der Waals surface area contributed by atoms with Gasteiger partial charge in [0, 0.05) is 18.3 Å². The summed E-state index contributed by atoms with van der Waals surface area (Å²) in [7, 11) is 0. The number of urea groups is 1. The lowest BCUT2D eigenvalue weighted by molar-refractivity contribution is 0.149. The maximum absolute atomic E-state index is 12.7. The molecule has 2 amide bonds. The van der Waals surface area contributed by atoms with Crippen molar-refractivity contribution in [3.8, 4) is 0 Å². The Morgan fingerprint density at radius 3 is 3.00 bits per heavy atom. The molecule has 2 unspecified atom stereocenters. The first-order valence-corrected chi connectivity index (χ1v) is 9.28. The molecule has 0 saturated carbocycles. The molecule has 2 atom stereocenters. The number of carbonyl (C=O) groups is 1. The van der Waals surface area contributed by atoms with Crippen LogP contribution in [0.15, 0.2) is 24.3 Å². The van der Waals surface area contributed by atoms with Crippen LogP contribution >= 0.6 is 11.8 Å². The second kappa shape index (κ2) is 7.38. The second-order valence-electron chi connectivity index (χ2n) is 6.03. The molecule has 0 radical (unpaired) electrons. The van der Waals surface area contributed by atoms with E-state index in [-0.39, 0.29) is 24.7 Å². The van der Waals surface area contributed by atoms with Crippen LogP contribution in [0.2, 0.25) is 0 Å². The van der Waals surface area contributed by atoms with Crippen molar-refractivity contribution < 1.29 is 9.90 Å². The Morgan fingerprint density at radius 2 is 2.23 bits per heavy atom. The zero-order valence-electron chi connectivity index (χ0n) is 12.8. The summed E-state index contributed by atoms with van der Waals surface area (Å²) in [6, 6.07) is 8.68. The van der Waals surface area contributed by atoms with Crippen LogP contribution < -0.4 is 5.32 Å². The van der Waals surface area contributed by atoms with Gasteiger partial charge in [0.25, 0.3) is 0 Å². The highest BCUT2D eigenvalue weighted by molar-refractivity contribution is 7.99. The third kappa shape index (κ3) is 3.41. The molecule has 0 aromatic heterocycles. The Bertz CT molecular complexity index is 517. The molecule has 2 aliphatic rings. The number of fused-ring (bicyclic) bond motifs is 1.